The van der Waals surface area contributed by atoms with E-state index in [1.165, 1.54) is 12.1 Å². The van der Waals surface area contributed by atoms with E-state index in [0.717, 1.165) is 17.5 Å². The Morgan fingerprint density at radius 3 is 2.28 bits per heavy atom. The average molecular weight is 393 g/mol. The van der Waals surface area contributed by atoms with Gasteiger partial charge in [-0.05, 0) is 35.9 Å². The Bertz CT molecular complexity index is 1430. The summed E-state index contributed by atoms with van der Waals surface area (Å²) in [5.41, 5.74) is 1.66. The summed E-state index contributed by atoms with van der Waals surface area (Å²) >= 11 is 0. The standard InChI is InChI=1S/C22H14F3N3O/c23-22(24,25)15-10-8-14(9-11-15)13-28-20-19(26-18-7-3-4-12-27(18)20)16-5-1-2-6-17(16)21(28)29/h1-12H,13H2. The van der Waals surface area contributed by atoms with E-state index in [0.29, 0.717) is 27.8 Å². The number of benzene rings is 2. The number of aromatic nitrogens is 3. The molecule has 0 fully saturated rings. The van der Waals surface area contributed by atoms with Crippen molar-refractivity contribution < 1.29 is 13.2 Å². The lowest BCUT2D eigenvalue weighted by atomic mass is 10.1. The Hall–Kier alpha value is -3.61. The Kier molecular flexibility index (Phi) is 3.74. The molecule has 0 aliphatic rings. The number of hydrogen-bond donors (Lipinski definition) is 0. The summed E-state index contributed by atoms with van der Waals surface area (Å²) in [5.74, 6) is 0. The van der Waals surface area contributed by atoms with Gasteiger partial charge in [-0.25, -0.2) is 4.98 Å². The maximum absolute atomic E-state index is 13.3. The summed E-state index contributed by atoms with van der Waals surface area (Å²) in [7, 11) is 0. The number of fused-ring (bicyclic) bond motifs is 5. The van der Waals surface area contributed by atoms with Crippen LogP contribution in [0.15, 0.2) is 77.7 Å². The van der Waals surface area contributed by atoms with Crippen molar-refractivity contribution in [3.05, 3.63) is 94.4 Å². The van der Waals surface area contributed by atoms with Crippen LogP contribution in [0.1, 0.15) is 11.1 Å². The van der Waals surface area contributed by atoms with E-state index in [9.17, 15) is 18.0 Å². The summed E-state index contributed by atoms with van der Waals surface area (Å²) < 4.78 is 42.0. The van der Waals surface area contributed by atoms with Crippen molar-refractivity contribution in [2.75, 3.05) is 0 Å². The topological polar surface area (TPSA) is 39.3 Å². The highest BCUT2D eigenvalue weighted by Gasteiger charge is 2.30. The zero-order valence-corrected chi connectivity index (χ0v) is 15.0. The zero-order chi connectivity index (χ0) is 20.2. The monoisotopic (exact) mass is 393 g/mol. The van der Waals surface area contributed by atoms with Gasteiger partial charge in [0.1, 0.15) is 16.8 Å². The lowest BCUT2D eigenvalue weighted by molar-refractivity contribution is -0.137. The van der Waals surface area contributed by atoms with E-state index < -0.39 is 11.7 Å². The van der Waals surface area contributed by atoms with Gasteiger partial charge < -0.3 is 0 Å². The van der Waals surface area contributed by atoms with Crippen molar-refractivity contribution in [3.8, 4) is 0 Å². The van der Waals surface area contributed by atoms with Crippen LogP contribution in [0.5, 0.6) is 0 Å². The van der Waals surface area contributed by atoms with Gasteiger partial charge in [0.15, 0.2) is 0 Å². The minimum absolute atomic E-state index is 0.140. The molecule has 0 radical (unpaired) electrons. The SMILES string of the molecule is O=c1c2ccccc2c2nc3ccccn3c2n1Cc1ccc(C(F)(F)F)cc1. The molecule has 5 aromatic rings. The maximum Gasteiger partial charge on any atom is 0.416 e. The summed E-state index contributed by atoms with van der Waals surface area (Å²) in [6.45, 7) is 0.140. The maximum atomic E-state index is 13.3. The first kappa shape index (κ1) is 17.5. The van der Waals surface area contributed by atoms with Crippen molar-refractivity contribution in [1.29, 1.82) is 0 Å². The first-order valence-corrected chi connectivity index (χ1v) is 8.98. The van der Waals surface area contributed by atoms with Gasteiger partial charge in [-0.15, -0.1) is 0 Å². The molecule has 4 nitrogen and oxygen atoms in total. The smallest absolute Gasteiger partial charge is 0.287 e. The fourth-order valence-electron chi connectivity index (χ4n) is 3.67. The van der Waals surface area contributed by atoms with Crippen molar-refractivity contribution in [2.45, 2.75) is 12.7 Å². The number of nitrogens with zero attached hydrogens (tertiary/aromatic N) is 3. The second-order valence-electron chi connectivity index (χ2n) is 6.84. The van der Waals surface area contributed by atoms with Gasteiger partial charge in [0.25, 0.3) is 5.56 Å². The molecule has 3 aromatic heterocycles. The van der Waals surface area contributed by atoms with Crippen LogP contribution in [0.3, 0.4) is 0 Å². The molecule has 0 spiro atoms. The molecule has 144 valence electrons. The van der Waals surface area contributed by atoms with Gasteiger partial charge in [-0.2, -0.15) is 13.2 Å². The number of alkyl halides is 3. The molecule has 0 amide bonds. The van der Waals surface area contributed by atoms with Gasteiger partial charge in [0.2, 0.25) is 0 Å². The van der Waals surface area contributed by atoms with Gasteiger partial charge in [0.05, 0.1) is 12.1 Å². The molecular weight excluding hydrogens is 379 g/mol. The van der Waals surface area contributed by atoms with Crippen LogP contribution in [-0.2, 0) is 12.7 Å². The van der Waals surface area contributed by atoms with Crippen LogP contribution in [-0.4, -0.2) is 14.0 Å². The molecule has 0 N–H and O–H groups in total. The molecule has 0 aliphatic heterocycles. The number of hydrogen-bond acceptors (Lipinski definition) is 2. The second-order valence-corrected chi connectivity index (χ2v) is 6.84. The lowest BCUT2D eigenvalue weighted by Gasteiger charge is -2.12. The number of pyridine rings is 2. The molecule has 0 unspecified atom stereocenters. The van der Waals surface area contributed by atoms with Crippen LogP contribution < -0.4 is 5.56 Å². The molecule has 0 bridgehead atoms. The molecule has 29 heavy (non-hydrogen) atoms. The Morgan fingerprint density at radius 2 is 1.55 bits per heavy atom. The lowest BCUT2D eigenvalue weighted by Crippen LogP contribution is -2.22. The quantitative estimate of drug-likeness (QED) is 0.429. The molecule has 0 saturated carbocycles. The van der Waals surface area contributed by atoms with E-state index >= 15 is 0 Å². The first-order chi connectivity index (χ1) is 13.9. The van der Waals surface area contributed by atoms with Crippen molar-refractivity contribution in [3.63, 3.8) is 0 Å². The van der Waals surface area contributed by atoms with Crippen LogP contribution >= 0.6 is 0 Å². The first-order valence-electron chi connectivity index (χ1n) is 8.98. The highest BCUT2D eigenvalue weighted by molar-refractivity contribution is 6.03. The molecule has 0 atom stereocenters. The number of imidazole rings is 1. The van der Waals surface area contributed by atoms with Crippen LogP contribution in [0.25, 0.3) is 27.6 Å². The summed E-state index contributed by atoms with van der Waals surface area (Å²) in [4.78, 5) is 17.9. The van der Waals surface area contributed by atoms with E-state index in [1.807, 2.05) is 40.9 Å². The second kappa shape index (κ2) is 6.20. The summed E-state index contributed by atoms with van der Waals surface area (Å²) in [5, 5.41) is 1.27. The highest BCUT2D eigenvalue weighted by atomic mass is 19.4. The van der Waals surface area contributed by atoms with E-state index in [-0.39, 0.29) is 12.1 Å². The summed E-state index contributed by atoms with van der Waals surface area (Å²) in [6, 6.07) is 17.7. The molecule has 2 aromatic carbocycles. The number of rotatable bonds is 2. The minimum Gasteiger partial charge on any atom is -0.287 e. The predicted molar refractivity (Wildman–Crippen MR) is 105 cm³/mol. The van der Waals surface area contributed by atoms with Crippen LogP contribution in [0.4, 0.5) is 13.2 Å². The third kappa shape index (κ3) is 2.77. The number of halogens is 3. The minimum atomic E-state index is -4.40. The largest absolute Gasteiger partial charge is 0.416 e. The third-order valence-electron chi connectivity index (χ3n) is 5.04. The summed E-state index contributed by atoms with van der Waals surface area (Å²) in [6.07, 6.45) is -2.57. The fourth-order valence-corrected chi connectivity index (χ4v) is 3.67. The predicted octanol–water partition coefficient (Wildman–Crippen LogP) is 4.87. The molecule has 0 saturated heterocycles. The van der Waals surface area contributed by atoms with E-state index in [4.69, 9.17) is 0 Å². The van der Waals surface area contributed by atoms with Crippen molar-refractivity contribution >= 4 is 27.6 Å². The van der Waals surface area contributed by atoms with E-state index in [1.54, 1.807) is 16.7 Å². The molecule has 7 heteroatoms. The Balaban J connectivity index is 1.78. The zero-order valence-electron chi connectivity index (χ0n) is 15.0. The Morgan fingerprint density at radius 1 is 0.862 bits per heavy atom. The molecular formula is C22H14F3N3O. The molecule has 0 aliphatic carbocycles. The van der Waals surface area contributed by atoms with Crippen molar-refractivity contribution in [2.24, 2.45) is 0 Å². The highest BCUT2D eigenvalue weighted by Crippen LogP contribution is 2.29. The van der Waals surface area contributed by atoms with Crippen LogP contribution in [0, 0.1) is 0 Å². The third-order valence-corrected chi connectivity index (χ3v) is 5.04. The molecule has 3 heterocycles. The normalized spacial score (nSPS) is 12.2. The van der Waals surface area contributed by atoms with Crippen molar-refractivity contribution in [1.82, 2.24) is 14.0 Å². The van der Waals surface area contributed by atoms with Gasteiger partial charge in [-0.3, -0.25) is 13.8 Å². The fraction of sp³-hybridized carbons (Fsp3) is 0.0909. The average Bonchev–Trinajstić information content (AvgIpc) is 3.10. The Labute approximate surface area is 162 Å². The van der Waals surface area contributed by atoms with Gasteiger partial charge in [0, 0.05) is 17.0 Å². The van der Waals surface area contributed by atoms with Gasteiger partial charge in [-0.1, -0.05) is 36.4 Å². The molecule has 5 rings (SSSR count). The van der Waals surface area contributed by atoms with E-state index in [2.05, 4.69) is 4.98 Å². The van der Waals surface area contributed by atoms with Crippen LogP contribution in [0.2, 0.25) is 0 Å². The van der Waals surface area contributed by atoms with Gasteiger partial charge >= 0.3 is 6.18 Å².